The van der Waals surface area contributed by atoms with Gasteiger partial charge in [0, 0.05) is 12.0 Å². The van der Waals surface area contributed by atoms with Crippen molar-refractivity contribution in [2.24, 2.45) is 0 Å². The van der Waals surface area contributed by atoms with Crippen molar-refractivity contribution in [2.45, 2.75) is 32.8 Å². The van der Waals surface area contributed by atoms with E-state index in [2.05, 4.69) is 19.1 Å². The molecule has 0 radical (unpaired) electrons. The molecule has 2 heteroatoms. The van der Waals surface area contributed by atoms with Crippen molar-refractivity contribution in [3.63, 3.8) is 0 Å². The molecule has 2 aromatic rings. The fourth-order valence-corrected chi connectivity index (χ4v) is 2.65. The van der Waals surface area contributed by atoms with E-state index in [0.29, 0.717) is 13.0 Å². The zero-order chi connectivity index (χ0) is 13.9. The number of fused-ring (bicyclic) bond motifs is 1. The third-order valence-electron chi connectivity index (χ3n) is 3.88. The molecule has 0 saturated carbocycles. The summed E-state index contributed by atoms with van der Waals surface area (Å²) >= 11 is 0. The average Bonchev–Trinajstić information content (AvgIpc) is 2.46. The van der Waals surface area contributed by atoms with Gasteiger partial charge in [-0.1, -0.05) is 24.3 Å². The van der Waals surface area contributed by atoms with Crippen LogP contribution in [0.1, 0.15) is 39.9 Å². The van der Waals surface area contributed by atoms with Gasteiger partial charge in [-0.3, -0.25) is 4.79 Å². The summed E-state index contributed by atoms with van der Waals surface area (Å²) in [6.45, 7) is 2.66. The van der Waals surface area contributed by atoms with Gasteiger partial charge in [-0.05, 0) is 54.7 Å². The number of aryl methyl sites for hydroxylation is 2. The second-order valence-corrected chi connectivity index (χ2v) is 5.31. The van der Waals surface area contributed by atoms with Crippen LogP contribution in [0.5, 0.6) is 5.75 Å². The van der Waals surface area contributed by atoms with Crippen LogP contribution >= 0.6 is 0 Å². The summed E-state index contributed by atoms with van der Waals surface area (Å²) in [6.07, 6.45) is 2.60. The molecule has 0 aromatic heterocycles. The summed E-state index contributed by atoms with van der Waals surface area (Å²) in [6, 6.07) is 14.1. The van der Waals surface area contributed by atoms with Crippen molar-refractivity contribution in [2.75, 3.05) is 0 Å². The van der Waals surface area contributed by atoms with Crippen LogP contribution in [-0.2, 0) is 13.0 Å². The predicted molar refractivity (Wildman–Crippen MR) is 79.2 cm³/mol. The van der Waals surface area contributed by atoms with Gasteiger partial charge in [-0.25, -0.2) is 0 Å². The molecule has 102 valence electrons. The number of ether oxygens (including phenoxy) is 1. The fraction of sp³-hybridized carbons (Fsp3) is 0.278. The molecule has 0 saturated heterocycles. The first-order valence-corrected chi connectivity index (χ1v) is 7.07. The molecule has 0 spiro atoms. The van der Waals surface area contributed by atoms with Gasteiger partial charge in [0.1, 0.15) is 12.4 Å². The Morgan fingerprint density at radius 1 is 1.10 bits per heavy atom. The van der Waals surface area contributed by atoms with Crippen LogP contribution in [0.15, 0.2) is 42.5 Å². The zero-order valence-corrected chi connectivity index (χ0v) is 11.7. The standard InChI is InChI=1S/C18H18O2/c1-13-5-2-3-6-15(13)12-20-16-9-10-17-14(11-16)7-4-8-18(17)19/h2-3,5-6,9-11H,4,7-8,12H2,1H3. The molecule has 2 nitrogen and oxygen atoms in total. The highest BCUT2D eigenvalue weighted by Gasteiger charge is 2.17. The van der Waals surface area contributed by atoms with E-state index < -0.39 is 0 Å². The quantitative estimate of drug-likeness (QED) is 0.836. The van der Waals surface area contributed by atoms with Crippen LogP contribution in [0.4, 0.5) is 0 Å². The lowest BCUT2D eigenvalue weighted by atomic mass is 9.90. The summed E-state index contributed by atoms with van der Waals surface area (Å²) in [4.78, 5) is 11.8. The monoisotopic (exact) mass is 266 g/mol. The normalized spacial score (nSPS) is 13.9. The lowest BCUT2D eigenvalue weighted by Crippen LogP contribution is -2.10. The summed E-state index contributed by atoms with van der Waals surface area (Å²) in [5.74, 6) is 1.11. The highest BCUT2D eigenvalue weighted by atomic mass is 16.5. The van der Waals surface area contributed by atoms with Gasteiger partial charge in [0.05, 0.1) is 0 Å². The van der Waals surface area contributed by atoms with E-state index in [1.165, 1.54) is 11.1 Å². The Labute approximate surface area is 119 Å². The van der Waals surface area contributed by atoms with Gasteiger partial charge in [-0.15, -0.1) is 0 Å². The zero-order valence-electron chi connectivity index (χ0n) is 11.7. The third-order valence-corrected chi connectivity index (χ3v) is 3.88. The minimum Gasteiger partial charge on any atom is -0.489 e. The van der Waals surface area contributed by atoms with Gasteiger partial charge in [-0.2, -0.15) is 0 Å². The lowest BCUT2D eigenvalue weighted by molar-refractivity contribution is 0.0972. The number of benzene rings is 2. The number of hydrogen-bond acceptors (Lipinski definition) is 2. The predicted octanol–water partition coefficient (Wildman–Crippen LogP) is 4.09. The molecular formula is C18H18O2. The molecule has 1 aliphatic rings. The first-order valence-electron chi connectivity index (χ1n) is 7.07. The van der Waals surface area contributed by atoms with Crippen LogP contribution in [-0.4, -0.2) is 5.78 Å². The van der Waals surface area contributed by atoms with Crippen molar-refractivity contribution < 1.29 is 9.53 Å². The summed E-state index contributed by atoms with van der Waals surface area (Å²) in [5.41, 5.74) is 4.44. The van der Waals surface area contributed by atoms with E-state index in [9.17, 15) is 4.79 Å². The first-order chi connectivity index (χ1) is 9.74. The van der Waals surface area contributed by atoms with Crippen molar-refractivity contribution in [1.29, 1.82) is 0 Å². The number of Topliss-reactive ketones (excluding diaryl/α,β-unsaturated/α-hetero) is 1. The van der Waals surface area contributed by atoms with Crippen molar-refractivity contribution in [1.82, 2.24) is 0 Å². The maximum absolute atomic E-state index is 11.8. The van der Waals surface area contributed by atoms with Crippen LogP contribution in [0, 0.1) is 6.92 Å². The molecule has 0 N–H and O–H groups in total. The molecule has 0 atom stereocenters. The van der Waals surface area contributed by atoms with Gasteiger partial charge >= 0.3 is 0 Å². The Hall–Kier alpha value is -2.09. The maximum Gasteiger partial charge on any atom is 0.163 e. The average molecular weight is 266 g/mol. The van der Waals surface area contributed by atoms with E-state index in [1.807, 2.05) is 30.3 Å². The molecule has 0 bridgehead atoms. The fourth-order valence-electron chi connectivity index (χ4n) is 2.65. The molecule has 1 aliphatic carbocycles. The highest BCUT2D eigenvalue weighted by Crippen LogP contribution is 2.26. The summed E-state index contributed by atoms with van der Waals surface area (Å²) < 4.78 is 5.86. The first kappa shape index (κ1) is 12.9. The number of carbonyl (C=O) groups is 1. The number of rotatable bonds is 3. The van der Waals surface area contributed by atoms with E-state index >= 15 is 0 Å². The third kappa shape index (κ3) is 2.60. The van der Waals surface area contributed by atoms with Crippen molar-refractivity contribution in [3.8, 4) is 5.75 Å². The summed E-state index contributed by atoms with van der Waals surface area (Å²) in [5, 5.41) is 0. The van der Waals surface area contributed by atoms with Crippen LogP contribution < -0.4 is 4.74 Å². The molecule has 0 aliphatic heterocycles. The van der Waals surface area contributed by atoms with Gasteiger partial charge < -0.3 is 4.74 Å². The Kier molecular flexibility index (Phi) is 3.55. The molecular weight excluding hydrogens is 248 g/mol. The minimum atomic E-state index is 0.261. The van der Waals surface area contributed by atoms with Crippen molar-refractivity contribution >= 4 is 5.78 Å². The smallest absolute Gasteiger partial charge is 0.163 e. The van der Waals surface area contributed by atoms with E-state index in [1.54, 1.807) is 0 Å². The van der Waals surface area contributed by atoms with Gasteiger partial charge in [0.15, 0.2) is 5.78 Å². The SMILES string of the molecule is Cc1ccccc1COc1ccc2c(c1)CCCC2=O. The number of carbonyl (C=O) groups excluding carboxylic acids is 1. The number of hydrogen-bond donors (Lipinski definition) is 0. The topological polar surface area (TPSA) is 26.3 Å². The Balaban J connectivity index is 1.76. The second-order valence-electron chi connectivity index (χ2n) is 5.31. The molecule has 3 rings (SSSR count). The minimum absolute atomic E-state index is 0.261. The molecule has 20 heavy (non-hydrogen) atoms. The second kappa shape index (κ2) is 5.49. The van der Waals surface area contributed by atoms with E-state index in [0.717, 1.165) is 29.7 Å². The van der Waals surface area contributed by atoms with Crippen LogP contribution in [0.25, 0.3) is 0 Å². The van der Waals surface area contributed by atoms with E-state index in [4.69, 9.17) is 4.74 Å². The molecule has 0 unspecified atom stereocenters. The Morgan fingerprint density at radius 3 is 2.80 bits per heavy atom. The number of ketones is 1. The molecule has 0 heterocycles. The Bertz CT molecular complexity index is 644. The highest BCUT2D eigenvalue weighted by molar-refractivity contribution is 5.98. The largest absolute Gasteiger partial charge is 0.489 e. The van der Waals surface area contributed by atoms with E-state index in [-0.39, 0.29) is 5.78 Å². The Morgan fingerprint density at radius 2 is 1.95 bits per heavy atom. The molecule has 0 amide bonds. The van der Waals surface area contributed by atoms with Crippen LogP contribution in [0.2, 0.25) is 0 Å². The maximum atomic E-state index is 11.8. The molecule has 2 aromatic carbocycles. The summed E-state index contributed by atoms with van der Waals surface area (Å²) in [7, 11) is 0. The lowest BCUT2D eigenvalue weighted by Gasteiger charge is -2.16. The molecule has 0 fully saturated rings. The van der Waals surface area contributed by atoms with Crippen molar-refractivity contribution in [3.05, 3.63) is 64.7 Å². The van der Waals surface area contributed by atoms with Crippen LogP contribution in [0.3, 0.4) is 0 Å². The van der Waals surface area contributed by atoms with Gasteiger partial charge in [0.25, 0.3) is 0 Å². The van der Waals surface area contributed by atoms with Gasteiger partial charge in [0.2, 0.25) is 0 Å².